The zero-order valence-corrected chi connectivity index (χ0v) is 12.0. The molecule has 3 rings (SSSR count). The van der Waals surface area contributed by atoms with Gasteiger partial charge in [0.25, 0.3) is 0 Å². The van der Waals surface area contributed by atoms with Crippen LogP contribution in [-0.4, -0.2) is 20.1 Å². The van der Waals surface area contributed by atoms with Crippen LogP contribution in [0.2, 0.25) is 5.15 Å². The Balaban J connectivity index is 1.67. The Morgan fingerprint density at radius 1 is 1.19 bits per heavy atom. The van der Waals surface area contributed by atoms with Gasteiger partial charge >= 0.3 is 0 Å². The summed E-state index contributed by atoms with van der Waals surface area (Å²) in [6, 6.07) is 9.58. The van der Waals surface area contributed by atoms with Gasteiger partial charge in [0.2, 0.25) is 11.7 Å². The van der Waals surface area contributed by atoms with Gasteiger partial charge in [0.05, 0.1) is 0 Å². The molecule has 0 aliphatic rings. The molecule has 0 bridgehead atoms. The second-order valence-corrected chi connectivity index (χ2v) is 4.80. The third-order valence-electron chi connectivity index (χ3n) is 2.85. The van der Waals surface area contributed by atoms with E-state index in [0.717, 1.165) is 11.1 Å². The van der Waals surface area contributed by atoms with Crippen LogP contribution in [0.25, 0.3) is 11.4 Å². The van der Waals surface area contributed by atoms with Crippen LogP contribution in [0.15, 0.2) is 41.2 Å². The van der Waals surface area contributed by atoms with Crippen molar-refractivity contribution in [2.24, 2.45) is 0 Å². The van der Waals surface area contributed by atoms with Crippen LogP contribution < -0.4 is 5.32 Å². The van der Waals surface area contributed by atoms with Crippen molar-refractivity contribution in [3.8, 4) is 11.4 Å². The largest absolute Gasteiger partial charge is 0.366 e. The molecule has 2 aromatic heterocycles. The number of halogens is 1. The molecule has 0 fully saturated rings. The smallest absolute Gasteiger partial charge is 0.223 e. The summed E-state index contributed by atoms with van der Waals surface area (Å²) in [4.78, 5) is 12.1. The molecule has 7 heteroatoms. The van der Waals surface area contributed by atoms with Gasteiger partial charge in [-0.25, -0.2) is 9.97 Å². The average molecular weight is 302 g/mol. The van der Waals surface area contributed by atoms with Crippen molar-refractivity contribution in [3.05, 3.63) is 53.3 Å². The van der Waals surface area contributed by atoms with E-state index in [4.69, 9.17) is 16.1 Å². The SMILES string of the molecule is Cc1nc(-c2ccc(CNc3cc(Cl)ncn3)cc2)no1. The molecule has 0 saturated heterocycles. The van der Waals surface area contributed by atoms with Crippen molar-refractivity contribution in [2.75, 3.05) is 5.32 Å². The van der Waals surface area contributed by atoms with Crippen molar-refractivity contribution >= 4 is 17.4 Å². The molecule has 0 atom stereocenters. The number of benzene rings is 1. The summed E-state index contributed by atoms with van der Waals surface area (Å²) in [6.45, 7) is 2.40. The number of hydrogen-bond acceptors (Lipinski definition) is 6. The number of rotatable bonds is 4. The minimum atomic E-state index is 0.412. The van der Waals surface area contributed by atoms with Gasteiger partial charge in [-0.05, 0) is 5.56 Å². The van der Waals surface area contributed by atoms with Crippen molar-refractivity contribution in [1.29, 1.82) is 0 Å². The zero-order valence-electron chi connectivity index (χ0n) is 11.2. The first kappa shape index (κ1) is 13.5. The fourth-order valence-corrected chi connectivity index (χ4v) is 1.96. The Bertz CT molecular complexity index is 741. The molecule has 1 N–H and O–H groups in total. The first-order valence-corrected chi connectivity index (χ1v) is 6.69. The maximum Gasteiger partial charge on any atom is 0.223 e. The van der Waals surface area contributed by atoms with Crippen molar-refractivity contribution in [2.45, 2.75) is 13.5 Å². The molecule has 0 aliphatic carbocycles. The van der Waals surface area contributed by atoms with Crippen LogP contribution in [0.3, 0.4) is 0 Å². The molecule has 21 heavy (non-hydrogen) atoms. The van der Waals surface area contributed by atoms with Gasteiger partial charge in [-0.1, -0.05) is 41.0 Å². The number of anilines is 1. The van der Waals surface area contributed by atoms with Crippen molar-refractivity contribution in [1.82, 2.24) is 20.1 Å². The third kappa shape index (κ3) is 3.35. The summed E-state index contributed by atoms with van der Waals surface area (Å²) in [5, 5.41) is 7.48. The highest BCUT2D eigenvalue weighted by Gasteiger charge is 2.05. The van der Waals surface area contributed by atoms with Gasteiger partial charge in [0, 0.05) is 25.1 Å². The van der Waals surface area contributed by atoms with Crippen LogP contribution in [0.1, 0.15) is 11.5 Å². The lowest BCUT2D eigenvalue weighted by molar-refractivity contribution is 0.394. The first-order chi connectivity index (χ1) is 10.2. The Morgan fingerprint density at radius 2 is 2.00 bits per heavy atom. The van der Waals surface area contributed by atoms with E-state index in [-0.39, 0.29) is 0 Å². The second kappa shape index (κ2) is 5.88. The van der Waals surface area contributed by atoms with Gasteiger partial charge in [-0.2, -0.15) is 4.98 Å². The Morgan fingerprint density at radius 3 is 2.67 bits per heavy atom. The lowest BCUT2D eigenvalue weighted by atomic mass is 10.1. The maximum absolute atomic E-state index is 5.80. The van der Waals surface area contributed by atoms with Crippen molar-refractivity contribution < 1.29 is 4.52 Å². The van der Waals surface area contributed by atoms with Crippen LogP contribution >= 0.6 is 11.6 Å². The monoisotopic (exact) mass is 301 g/mol. The Labute approximate surface area is 126 Å². The minimum absolute atomic E-state index is 0.412. The number of aromatic nitrogens is 4. The molecule has 106 valence electrons. The molecule has 0 spiro atoms. The van der Waals surface area contributed by atoms with Crippen LogP contribution in [0.5, 0.6) is 0 Å². The van der Waals surface area contributed by atoms with E-state index in [1.807, 2.05) is 24.3 Å². The van der Waals surface area contributed by atoms with E-state index >= 15 is 0 Å². The van der Waals surface area contributed by atoms with E-state index in [2.05, 4.69) is 25.4 Å². The zero-order chi connectivity index (χ0) is 14.7. The summed E-state index contributed by atoms with van der Waals surface area (Å²) < 4.78 is 4.97. The van der Waals surface area contributed by atoms with Gasteiger partial charge in [-0.15, -0.1) is 0 Å². The molecule has 0 radical (unpaired) electrons. The standard InChI is InChI=1S/C14H12ClN5O/c1-9-19-14(20-21-9)11-4-2-10(3-5-11)7-16-13-6-12(15)17-8-18-13/h2-6,8H,7H2,1H3,(H,16,17,18). The fourth-order valence-electron chi connectivity index (χ4n) is 1.81. The summed E-state index contributed by atoms with van der Waals surface area (Å²) >= 11 is 5.80. The molecule has 6 nitrogen and oxygen atoms in total. The summed E-state index contributed by atoms with van der Waals surface area (Å²) in [5.41, 5.74) is 2.02. The van der Waals surface area contributed by atoms with E-state index in [1.165, 1.54) is 6.33 Å². The topological polar surface area (TPSA) is 76.7 Å². The van der Waals surface area contributed by atoms with E-state index < -0.39 is 0 Å². The number of nitrogens with zero attached hydrogens (tertiary/aromatic N) is 4. The van der Waals surface area contributed by atoms with Crippen LogP contribution in [0, 0.1) is 6.92 Å². The lowest BCUT2D eigenvalue weighted by Crippen LogP contribution is -2.01. The van der Waals surface area contributed by atoms with Gasteiger partial charge in [0.1, 0.15) is 17.3 Å². The normalized spacial score (nSPS) is 10.6. The second-order valence-electron chi connectivity index (χ2n) is 4.41. The first-order valence-electron chi connectivity index (χ1n) is 6.32. The van der Waals surface area contributed by atoms with E-state index in [1.54, 1.807) is 13.0 Å². The molecule has 0 unspecified atom stereocenters. The predicted octanol–water partition coefficient (Wildman–Crippen LogP) is 3.10. The quantitative estimate of drug-likeness (QED) is 0.746. The van der Waals surface area contributed by atoms with Gasteiger partial charge in [-0.3, -0.25) is 0 Å². The highest BCUT2D eigenvalue weighted by atomic mass is 35.5. The molecule has 0 amide bonds. The molecule has 1 aromatic carbocycles. The number of hydrogen-bond donors (Lipinski definition) is 1. The van der Waals surface area contributed by atoms with Gasteiger partial charge < -0.3 is 9.84 Å². The average Bonchev–Trinajstić information content (AvgIpc) is 2.92. The summed E-state index contributed by atoms with van der Waals surface area (Å²) in [7, 11) is 0. The summed E-state index contributed by atoms with van der Waals surface area (Å²) in [5.74, 6) is 1.83. The lowest BCUT2D eigenvalue weighted by Gasteiger charge is -2.05. The highest BCUT2D eigenvalue weighted by molar-refractivity contribution is 6.29. The third-order valence-corrected chi connectivity index (χ3v) is 3.05. The number of nitrogens with one attached hydrogen (secondary N) is 1. The number of aryl methyl sites for hydroxylation is 1. The highest BCUT2D eigenvalue weighted by Crippen LogP contribution is 2.17. The molecule has 0 saturated carbocycles. The minimum Gasteiger partial charge on any atom is -0.366 e. The molecule has 2 heterocycles. The predicted molar refractivity (Wildman–Crippen MR) is 78.8 cm³/mol. The molecular formula is C14H12ClN5O. The maximum atomic E-state index is 5.80. The van der Waals surface area contributed by atoms with Crippen LogP contribution in [-0.2, 0) is 6.54 Å². The molecular weight excluding hydrogens is 290 g/mol. The fraction of sp³-hybridized carbons (Fsp3) is 0.143. The molecule has 3 aromatic rings. The van der Waals surface area contributed by atoms with Gasteiger partial charge in [0.15, 0.2) is 0 Å². The summed E-state index contributed by atoms with van der Waals surface area (Å²) in [6.07, 6.45) is 1.42. The van der Waals surface area contributed by atoms with Crippen molar-refractivity contribution in [3.63, 3.8) is 0 Å². The van der Waals surface area contributed by atoms with E-state index in [0.29, 0.717) is 29.2 Å². The Kier molecular flexibility index (Phi) is 3.79. The van der Waals surface area contributed by atoms with Crippen LogP contribution in [0.4, 0.5) is 5.82 Å². The molecule has 0 aliphatic heterocycles. The Hall–Kier alpha value is -2.47. The van der Waals surface area contributed by atoms with E-state index in [9.17, 15) is 0 Å².